The molecule has 0 aromatic carbocycles. The maximum Gasteiger partial charge on any atom is 0.472 e. The zero-order valence-corrected chi connectivity index (χ0v) is 51.0. The molecule has 0 aliphatic heterocycles. The Hall–Kier alpha value is -1.51. The van der Waals surface area contributed by atoms with Gasteiger partial charge in [0.1, 0.15) is 19.3 Å². The second-order valence-corrected chi connectivity index (χ2v) is 24.7. The highest BCUT2D eigenvalue weighted by Crippen LogP contribution is 2.43. The van der Waals surface area contributed by atoms with Gasteiger partial charge in [-0.15, -0.1) is 0 Å². The van der Waals surface area contributed by atoms with Crippen LogP contribution in [-0.2, 0) is 27.9 Å². The van der Waals surface area contributed by atoms with E-state index in [0.29, 0.717) is 23.9 Å². The molecule has 0 aromatic rings. The summed E-state index contributed by atoms with van der Waals surface area (Å²) in [6.07, 6.45) is 64.7. The van der Waals surface area contributed by atoms with E-state index in [2.05, 4.69) is 38.2 Å². The third-order valence-electron chi connectivity index (χ3n) is 14.6. The molecule has 0 spiro atoms. The fourth-order valence-electron chi connectivity index (χ4n) is 9.64. The number of ether oxygens (including phenoxy) is 1. The Morgan fingerprint density at radius 2 is 0.784 bits per heavy atom. The van der Waals surface area contributed by atoms with Gasteiger partial charge in [-0.05, 0) is 57.4 Å². The van der Waals surface area contributed by atoms with Crippen LogP contribution in [0.25, 0.3) is 0 Å². The maximum atomic E-state index is 13.5. The number of phosphoric ester groups is 1. The SMILES string of the molecule is CCCCCCCCC/C=C\CCCCCC(=O)NC(COP(=O)(O)OCC[N+](C)(C)C)C(/C=C\CCCCCCCCCCC)OC(=O)CCCCCCCCCCCCCCCCCCCCCCCCC. The predicted molar refractivity (Wildman–Crippen MR) is 319 cm³/mol. The number of hydrogen-bond acceptors (Lipinski definition) is 6. The molecule has 0 aliphatic carbocycles. The number of hydrogen-bond donors (Lipinski definition) is 2. The minimum absolute atomic E-state index is 0.0409. The van der Waals surface area contributed by atoms with Crippen LogP contribution in [0.15, 0.2) is 24.3 Å². The highest BCUT2D eigenvalue weighted by molar-refractivity contribution is 7.47. The van der Waals surface area contributed by atoms with E-state index in [-0.39, 0.29) is 25.1 Å². The first-order valence-corrected chi connectivity index (χ1v) is 33.7. The van der Waals surface area contributed by atoms with Crippen molar-refractivity contribution in [2.45, 2.75) is 335 Å². The lowest BCUT2D eigenvalue weighted by Crippen LogP contribution is -2.47. The molecule has 0 aromatic heterocycles. The first-order chi connectivity index (χ1) is 35.9. The van der Waals surface area contributed by atoms with Crippen molar-refractivity contribution in [2.75, 3.05) is 40.9 Å². The number of esters is 1. The number of rotatable bonds is 59. The molecule has 9 nitrogen and oxygen atoms in total. The molecule has 3 unspecified atom stereocenters. The number of phosphoric acid groups is 1. The average molecular weight is 1070 g/mol. The molecule has 0 fully saturated rings. The van der Waals surface area contributed by atoms with E-state index in [0.717, 1.165) is 70.6 Å². The van der Waals surface area contributed by atoms with Gasteiger partial charge in [0.25, 0.3) is 0 Å². The Balaban J connectivity index is 5.08. The first kappa shape index (κ1) is 72.5. The number of nitrogens with one attached hydrogen (secondary N) is 1. The summed E-state index contributed by atoms with van der Waals surface area (Å²) >= 11 is 0. The minimum atomic E-state index is -4.44. The van der Waals surface area contributed by atoms with E-state index in [9.17, 15) is 19.0 Å². The van der Waals surface area contributed by atoms with Crippen LogP contribution in [0.2, 0.25) is 0 Å². The van der Waals surface area contributed by atoms with Crippen LogP contribution in [0, 0.1) is 0 Å². The molecule has 1 amide bonds. The van der Waals surface area contributed by atoms with E-state index < -0.39 is 20.0 Å². The Bertz CT molecular complexity index is 1320. The summed E-state index contributed by atoms with van der Waals surface area (Å²) in [6, 6.07) is -0.850. The number of carbonyl (C=O) groups excluding carboxylic acids is 2. The van der Waals surface area contributed by atoms with Crippen LogP contribution in [-0.4, -0.2) is 74.3 Å². The first-order valence-electron chi connectivity index (χ1n) is 32.2. The third kappa shape index (κ3) is 55.3. The van der Waals surface area contributed by atoms with Gasteiger partial charge >= 0.3 is 13.8 Å². The number of allylic oxidation sites excluding steroid dienone is 3. The van der Waals surface area contributed by atoms with E-state index in [1.54, 1.807) is 0 Å². The smallest absolute Gasteiger partial charge is 0.456 e. The van der Waals surface area contributed by atoms with Crippen LogP contribution < -0.4 is 5.32 Å². The van der Waals surface area contributed by atoms with E-state index in [1.165, 1.54) is 218 Å². The molecule has 0 saturated heterocycles. The normalized spacial score (nSPS) is 13.8. The van der Waals surface area contributed by atoms with Gasteiger partial charge in [-0.25, -0.2) is 4.57 Å². The van der Waals surface area contributed by atoms with E-state index in [1.807, 2.05) is 33.3 Å². The molecule has 3 atom stereocenters. The lowest BCUT2D eigenvalue weighted by Gasteiger charge is -2.27. The van der Waals surface area contributed by atoms with Gasteiger partial charge in [0.15, 0.2) is 0 Å². The standard InChI is InChI=1S/C64H125N2O7P/c1-7-10-13-16-19-22-25-27-29-30-31-32-33-34-35-36-37-39-42-45-48-51-54-57-64(68)73-62(55-52-49-46-43-40-24-21-18-15-12-9-3)61(60-72-74(69,70)71-59-58-66(4,5)6)65-63(67)56-53-50-47-44-41-38-28-26-23-20-17-14-11-8-2/h38,41,52,55,61-62H,7-37,39-40,42-51,53-54,56-60H2,1-6H3,(H-,65,67,69,70)/p+1/b41-38-,55-52-. The second kappa shape index (κ2) is 54.8. The molecule has 2 N–H and O–H groups in total. The molecule has 438 valence electrons. The Kier molecular flexibility index (Phi) is 53.7. The van der Waals surface area contributed by atoms with Crippen LogP contribution in [0.5, 0.6) is 0 Å². The van der Waals surface area contributed by atoms with Crippen LogP contribution in [0.1, 0.15) is 323 Å². The van der Waals surface area contributed by atoms with Crippen molar-refractivity contribution in [3.8, 4) is 0 Å². The van der Waals surface area contributed by atoms with Gasteiger partial charge in [-0.1, -0.05) is 277 Å². The number of unbranched alkanes of at least 4 members (excludes halogenated alkanes) is 41. The predicted octanol–water partition coefficient (Wildman–Crippen LogP) is 19.7. The highest BCUT2D eigenvalue weighted by Gasteiger charge is 2.30. The van der Waals surface area contributed by atoms with Gasteiger partial charge in [0.05, 0.1) is 33.8 Å². The molecule has 0 aliphatic rings. The van der Waals surface area contributed by atoms with Crippen molar-refractivity contribution >= 4 is 19.7 Å². The van der Waals surface area contributed by atoms with Gasteiger partial charge in [-0.3, -0.25) is 18.6 Å². The maximum absolute atomic E-state index is 13.5. The molecular weight excluding hydrogens is 940 g/mol. The van der Waals surface area contributed by atoms with Crippen molar-refractivity contribution in [1.82, 2.24) is 5.32 Å². The Morgan fingerprint density at radius 3 is 1.16 bits per heavy atom. The molecule has 10 heteroatoms. The molecule has 0 heterocycles. The van der Waals surface area contributed by atoms with E-state index in [4.69, 9.17) is 13.8 Å². The molecule has 0 radical (unpaired) electrons. The number of likely N-dealkylation sites (N-methyl/N-ethyl adjacent to an activating group) is 1. The molecular formula is C64H126N2O7P+. The largest absolute Gasteiger partial charge is 0.472 e. The van der Waals surface area contributed by atoms with Crippen molar-refractivity contribution < 1.29 is 37.3 Å². The van der Waals surface area contributed by atoms with Crippen molar-refractivity contribution in [1.29, 1.82) is 0 Å². The van der Waals surface area contributed by atoms with Crippen molar-refractivity contribution in [2.24, 2.45) is 0 Å². The molecule has 0 saturated carbocycles. The lowest BCUT2D eigenvalue weighted by molar-refractivity contribution is -0.870. The second-order valence-electron chi connectivity index (χ2n) is 23.3. The summed E-state index contributed by atoms with van der Waals surface area (Å²) in [7, 11) is 1.50. The minimum Gasteiger partial charge on any atom is -0.456 e. The monoisotopic (exact) mass is 1070 g/mol. The van der Waals surface area contributed by atoms with Crippen molar-refractivity contribution in [3.05, 3.63) is 24.3 Å². The molecule has 74 heavy (non-hydrogen) atoms. The fraction of sp³-hybridized carbons (Fsp3) is 0.906. The quantitative estimate of drug-likeness (QED) is 0.0205. The average Bonchev–Trinajstić information content (AvgIpc) is 3.36. The molecule has 0 bridgehead atoms. The summed E-state index contributed by atoms with van der Waals surface area (Å²) in [5, 5.41) is 3.05. The highest BCUT2D eigenvalue weighted by atomic mass is 31.2. The van der Waals surface area contributed by atoms with Gasteiger partial charge in [0, 0.05) is 12.8 Å². The molecule has 0 rings (SSSR count). The van der Waals surface area contributed by atoms with Gasteiger partial charge in [0.2, 0.25) is 5.91 Å². The lowest BCUT2D eigenvalue weighted by atomic mass is 10.0. The Labute approximate surface area is 460 Å². The third-order valence-corrected chi connectivity index (χ3v) is 15.6. The summed E-state index contributed by atoms with van der Waals surface area (Å²) in [4.78, 5) is 37.7. The summed E-state index contributed by atoms with van der Waals surface area (Å²) in [6.45, 7) is 7.03. The summed E-state index contributed by atoms with van der Waals surface area (Å²) in [5.41, 5.74) is 0. The number of amides is 1. The van der Waals surface area contributed by atoms with Crippen molar-refractivity contribution in [3.63, 3.8) is 0 Å². The zero-order chi connectivity index (χ0) is 54.3. The summed E-state index contributed by atoms with van der Waals surface area (Å²) < 4.78 is 30.7. The van der Waals surface area contributed by atoms with E-state index >= 15 is 0 Å². The Morgan fingerprint density at radius 1 is 0.459 bits per heavy atom. The number of carbonyl (C=O) groups is 2. The van der Waals surface area contributed by atoms with Crippen LogP contribution >= 0.6 is 7.82 Å². The van der Waals surface area contributed by atoms with Gasteiger partial charge in [-0.2, -0.15) is 0 Å². The van der Waals surface area contributed by atoms with Crippen LogP contribution in [0.3, 0.4) is 0 Å². The summed E-state index contributed by atoms with van der Waals surface area (Å²) in [5.74, 6) is -0.508. The number of nitrogens with zero attached hydrogens (tertiary/aromatic N) is 1. The zero-order valence-electron chi connectivity index (χ0n) is 50.1. The fourth-order valence-corrected chi connectivity index (χ4v) is 10.4. The topological polar surface area (TPSA) is 111 Å². The van der Waals surface area contributed by atoms with Crippen LogP contribution in [0.4, 0.5) is 0 Å². The van der Waals surface area contributed by atoms with Gasteiger partial charge < -0.3 is 19.4 Å². The number of quaternary nitrogens is 1.